The van der Waals surface area contributed by atoms with Crippen molar-refractivity contribution in [3.63, 3.8) is 0 Å². The van der Waals surface area contributed by atoms with E-state index in [1.165, 1.54) is 18.4 Å². The van der Waals surface area contributed by atoms with E-state index in [9.17, 15) is 4.79 Å². The minimum Gasteiger partial charge on any atom is -0.468 e. The van der Waals surface area contributed by atoms with Crippen molar-refractivity contribution < 1.29 is 9.53 Å². The molecule has 0 fully saturated rings. The molecule has 0 bridgehead atoms. The first kappa shape index (κ1) is 14.9. The van der Waals surface area contributed by atoms with Gasteiger partial charge in [0.25, 0.3) is 0 Å². The fourth-order valence-corrected chi connectivity index (χ4v) is 2.77. The second-order valence-corrected chi connectivity index (χ2v) is 5.73. The van der Waals surface area contributed by atoms with E-state index < -0.39 is 5.54 Å². The van der Waals surface area contributed by atoms with Crippen LogP contribution in [0.5, 0.6) is 0 Å². The number of benzene rings is 1. The van der Waals surface area contributed by atoms with Gasteiger partial charge >= 0.3 is 5.97 Å². The minimum absolute atomic E-state index is 0.330. The molecule has 1 atom stereocenters. The molecule has 2 rings (SSSR count). The molecule has 0 aliphatic carbocycles. The molecule has 4 heteroatoms. The first-order valence-electron chi connectivity index (χ1n) is 7.25. The molecule has 1 unspecified atom stereocenters. The predicted molar refractivity (Wildman–Crippen MR) is 80.8 cm³/mol. The van der Waals surface area contributed by atoms with Crippen LogP contribution < -0.4 is 10.6 Å². The summed E-state index contributed by atoms with van der Waals surface area (Å²) in [4.78, 5) is 13.9. The minimum atomic E-state index is -0.863. The van der Waals surface area contributed by atoms with E-state index in [2.05, 4.69) is 29.2 Å². The molecule has 1 aliphatic heterocycles. The van der Waals surface area contributed by atoms with E-state index in [1.807, 2.05) is 0 Å². The number of rotatable bonds is 6. The third-order valence-corrected chi connectivity index (χ3v) is 4.01. The van der Waals surface area contributed by atoms with Crippen molar-refractivity contribution in [2.24, 2.45) is 5.73 Å². The maximum atomic E-state index is 11.5. The number of nitrogens with zero attached hydrogens (tertiary/aromatic N) is 1. The fraction of sp³-hybridized carbons (Fsp3) is 0.562. The number of anilines is 1. The number of unbranched alkanes of at least 4 members (excludes halogenated alkanes) is 1. The zero-order valence-electron chi connectivity index (χ0n) is 12.4. The molecule has 0 saturated heterocycles. The van der Waals surface area contributed by atoms with Crippen molar-refractivity contribution in [2.75, 3.05) is 25.1 Å². The van der Waals surface area contributed by atoms with Crippen LogP contribution in [0.2, 0.25) is 0 Å². The Morgan fingerprint density at radius 3 is 2.90 bits per heavy atom. The van der Waals surface area contributed by atoms with Gasteiger partial charge in [0.05, 0.1) is 7.11 Å². The van der Waals surface area contributed by atoms with Crippen molar-refractivity contribution in [1.29, 1.82) is 0 Å². The van der Waals surface area contributed by atoms with Gasteiger partial charge in [-0.2, -0.15) is 0 Å². The molecule has 0 amide bonds. The Hall–Kier alpha value is -1.55. The summed E-state index contributed by atoms with van der Waals surface area (Å²) in [6.07, 6.45) is 3.76. The van der Waals surface area contributed by atoms with Crippen LogP contribution in [0.1, 0.15) is 31.7 Å². The molecule has 0 radical (unpaired) electrons. The van der Waals surface area contributed by atoms with Gasteiger partial charge in [0.15, 0.2) is 0 Å². The topological polar surface area (TPSA) is 55.6 Å². The van der Waals surface area contributed by atoms with Gasteiger partial charge in [-0.15, -0.1) is 0 Å². The molecule has 0 saturated carbocycles. The number of carbonyl (C=O) groups is 1. The number of carbonyl (C=O) groups excluding carboxylic acids is 1. The van der Waals surface area contributed by atoms with Crippen LogP contribution in [0.3, 0.4) is 0 Å². The Labute approximate surface area is 120 Å². The fourth-order valence-electron chi connectivity index (χ4n) is 2.77. The number of ether oxygens (including phenoxy) is 1. The summed E-state index contributed by atoms with van der Waals surface area (Å²) in [6.45, 7) is 3.86. The largest absolute Gasteiger partial charge is 0.468 e. The molecule has 2 N–H and O–H groups in total. The lowest BCUT2D eigenvalue weighted by Gasteiger charge is -2.23. The summed E-state index contributed by atoms with van der Waals surface area (Å²) in [5.41, 5.74) is 7.88. The molecule has 1 aliphatic rings. The van der Waals surface area contributed by atoms with Crippen molar-refractivity contribution >= 4 is 11.7 Å². The van der Waals surface area contributed by atoms with Crippen LogP contribution in [0.25, 0.3) is 0 Å². The summed E-state index contributed by atoms with van der Waals surface area (Å²) in [5, 5.41) is 0. The second kappa shape index (κ2) is 6.27. The Morgan fingerprint density at radius 2 is 2.15 bits per heavy atom. The summed E-state index contributed by atoms with van der Waals surface area (Å²) < 4.78 is 4.72. The highest BCUT2D eigenvalue weighted by atomic mass is 16.5. The van der Waals surface area contributed by atoms with Crippen LogP contribution in [0.4, 0.5) is 5.69 Å². The SMILES string of the molecule is COC(=O)C(C)(N)CCCCN1CCc2ccccc21. The van der Waals surface area contributed by atoms with Crippen molar-refractivity contribution in [3.05, 3.63) is 29.8 Å². The van der Waals surface area contributed by atoms with Crippen LogP contribution >= 0.6 is 0 Å². The second-order valence-electron chi connectivity index (χ2n) is 5.73. The van der Waals surface area contributed by atoms with E-state index in [4.69, 9.17) is 10.5 Å². The van der Waals surface area contributed by atoms with Crippen molar-refractivity contribution in [3.8, 4) is 0 Å². The molecule has 1 aromatic carbocycles. The van der Waals surface area contributed by atoms with Gasteiger partial charge in [-0.1, -0.05) is 18.2 Å². The summed E-state index contributed by atoms with van der Waals surface area (Å²) in [7, 11) is 1.38. The molecular formula is C16H24N2O2. The van der Waals surface area contributed by atoms with Crippen LogP contribution in [-0.2, 0) is 16.0 Å². The molecular weight excluding hydrogens is 252 g/mol. The van der Waals surface area contributed by atoms with Gasteiger partial charge in [0.1, 0.15) is 5.54 Å². The Balaban J connectivity index is 1.77. The first-order valence-corrected chi connectivity index (χ1v) is 7.25. The number of nitrogens with two attached hydrogens (primary N) is 1. The van der Waals surface area contributed by atoms with E-state index in [0.29, 0.717) is 6.42 Å². The number of hydrogen-bond donors (Lipinski definition) is 1. The van der Waals surface area contributed by atoms with Gasteiger partial charge in [-0.3, -0.25) is 4.79 Å². The molecule has 110 valence electrons. The molecule has 20 heavy (non-hydrogen) atoms. The van der Waals surface area contributed by atoms with Crippen molar-refractivity contribution in [1.82, 2.24) is 0 Å². The smallest absolute Gasteiger partial charge is 0.325 e. The zero-order valence-corrected chi connectivity index (χ0v) is 12.4. The highest BCUT2D eigenvalue weighted by Crippen LogP contribution is 2.27. The van der Waals surface area contributed by atoms with E-state index in [-0.39, 0.29) is 5.97 Å². The third kappa shape index (κ3) is 3.31. The molecule has 0 aromatic heterocycles. The average Bonchev–Trinajstić information content (AvgIpc) is 2.86. The van der Waals surface area contributed by atoms with Gasteiger partial charge in [0, 0.05) is 18.8 Å². The van der Waals surface area contributed by atoms with E-state index in [0.717, 1.165) is 32.4 Å². The quantitative estimate of drug-likeness (QED) is 0.638. The lowest BCUT2D eigenvalue weighted by atomic mass is 9.96. The average molecular weight is 276 g/mol. The lowest BCUT2D eigenvalue weighted by molar-refractivity contribution is -0.146. The summed E-state index contributed by atoms with van der Waals surface area (Å²) in [5.74, 6) is -0.330. The number of esters is 1. The van der Waals surface area contributed by atoms with Crippen LogP contribution in [0.15, 0.2) is 24.3 Å². The third-order valence-electron chi connectivity index (χ3n) is 4.01. The Morgan fingerprint density at radius 1 is 1.40 bits per heavy atom. The maximum absolute atomic E-state index is 11.5. The monoisotopic (exact) mass is 276 g/mol. The van der Waals surface area contributed by atoms with E-state index >= 15 is 0 Å². The summed E-state index contributed by atoms with van der Waals surface area (Å²) >= 11 is 0. The molecule has 4 nitrogen and oxygen atoms in total. The normalized spacial score (nSPS) is 16.6. The lowest BCUT2D eigenvalue weighted by Crippen LogP contribution is -2.45. The molecule has 1 heterocycles. The highest BCUT2D eigenvalue weighted by molar-refractivity contribution is 5.79. The van der Waals surface area contributed by atoms with Gasteiger partial charge in [0.2, 0.25) is 0 Å². The molecule has 0 spiro atoms. The number of methoxy groups -OCH3 is 1. The van der Waals surface area contributed by atoms with Crippen molar-refractivity contribution in [2.45, 2.75) is 38.1 Å². The first-order chi connectivity index (χ1) is 9.54. The predicted octanol–water partition coefficient (Wildman–Crippen LogP) is 2.11. The standard InChI is InChI=1S/C16H24N2O2/c1-16(17,15(19)20-2)10-5-6-11-18-12-9-13-7-3-4-8-14(13)18/h3-4,7-8H,5-6,9-12,17H2,1-2H3. The van der Waals surface area contributed by atoms with Gasteiger partial charge in [-0.05, 0) is 44.2 Å². The number of para-hydroxylation sites is 1. The summed E-state index contributed by atoms with van der Waals surface area (Å²) in [6, 6.07) is 8.57. The zero-order chi connectivity index (χ0) is 14.6. The van der Waals surface area contributed by atoms with Gasteiger partial charge in [-0.25, -0.2) is 0 Å². The van der Waals surface area contributed by atoms with E-state index in [1.54, 1.807) is 6.92 Å². The Bertz CT molecular complexity index is 471. The maximum Gasteiger partial charge on any atom is 0.325 e. The Kier molecular flexibility index (Phi) is 4.65. The van der Waals surface area contributed by atoms with Crippen LogP contribution in [0, 0.1) is 0 Å². The number of hydrogen-bond acceptors (Lipinski definition) is 4. The van der Waals surface area contributed by atoms with Gasteiger partial charge < -0.3 is 15.4 Å². The number of fused-ring (bicyclic) bond motifs is 1. The highest BCUT2D eigenvalue weighted by Gasteiger charge is 2.28. The van der Waals surface area contributed by atoms with Crippen LogP contribution in [-0.4, -0.2) is 31.7 Å². The molecule has 1 aromatic rings.